The van der Waals surface area contributed by atoms with Crippen LogP contribution in [0.4, 0.5) is 0 Å². The first kappa shape index (κ1) is 15.0. The Hall–Kier alpha value is -2.35. The Morgan fingerprint density at radius 3 is 2.48 bits per heavy atom. The van der Waals surface area contributed by atoms with Crippen molar-refractivity contribution < 1.29 is 4.79 Å². The standard InChI is InChI=1S/C19H21NO/c1-16-10-12-18(13-11-16)14-15-20-19(21)9-5-8-17-6-3-2-4-7-17/h2-8,10-13H,9,14-15H2,1H3,(H,20,21)/b8-5+. The fraction of sp³-hybridized carbons (Fsp3) is 0.211. The number of nitrogens with one attached hydrogen (secondary N) is 1. The molecule has 0 heterocycles. The van der Waals surface area contributed by atoms with Crippen LogP contribution >= 0.6 is 0 Å². The van der Waals surface area contributed by atoms with Gasteiger partial charge in [-0.3, -0.25) is 4.79 Å². The Morgan fingerprint density at radius 2 is 1.76 bits per heavy atom. The highest BCUT2D eigenvalue weighted by Gasteiger charge is 1.98. The van der Waals surface area contributed by atoms with Crippen LogP contribution in [0.2, 0.25) is 0 Å². The van der Waals surface area contributed by atoms with Crippen LogP contribution < -0.4 is 5.32 Å². The second-order valence-electron chi connectivity index (χ2n) is 5.10. The van der Waals surface area contributed by atoms with Gasteiger partial charge in [-0.25, -0.2) is 0 Å². The lowest BCUT2D eigenvalue weighted by atomic mass is 10.1. The van der Waals surface area contributed by atoms with Gasteiger partial charge in [0.1, 0.15) is 0 Å². The summed E-state index contributed by atoms with van der Waals surface area (Å²) in [5, 5.41) is 2.94. The van der Waals surface area contributed by atoms with Crippen LogP contribution in [0, 0.1) is 6.92 Å². The monoisotopic (exact) mass is 279 g/mol. The molecule has 0 bridgehead atoms. The number of aryl methyl sites for hydroxylation is 1. The van der Waals surface area contributed by atoms with Crippen molar-refractivity contribution in [3.8, 4) is 0 Å². The predicted molar refractivity (Wildman–Crippen MR) is 88.0 cm³/mol. The molecule has 0 atom stereocenters. The highest BCUT2D eigenvalue weighted by Crippen LogP contribution is 2.04. The summed E-state index contributed by atoms with van der Waals surface area (Å²) in [5.74, 6) is 0.0642. The molecule has 21 heavy (non-hydrogen) atoms. The number of hydrogen-bond acceptors (Lipinski definition) is 1. The normalized spacial score (nSPS) is 10.7. The molecule has 0 saturated carbocycles. The van der Waals surface area contributed by atoms with Crippen molar-refractivity contribution in [2.24, 2.45) is 0 Å². The maximum absolute atomic E-state index is 11.7. The van der Waals surface area contributed by atoms with E-state index >= 15 is 0 Å². The zero-order valence-corrected chi connectivity index (χ0v) is 12.4. The van der Waals surface area contributed by atoms with Gasteiger partial charge in [0.25, 0.3) is 0 Å². The Labute approximate surface area is 126 Å². The lowest BCUT2D eigenvalue weighted by molar-refractivity contribution is -0.120. The number of carbonyl (C=O) groups is 1. The summed E-state index contributed by atoms with van der Waals surface area (Å²) in [5.41, 5.74) is 3.62. The molecule has 108 valence electrons. The molecule has 2 rings (SSSR count). The third kappa shape index (κ3) is 5.65. The molecule has 0 unspecified atom stereocenters. The van der Waals surface area contributed by atoms with Crippen molar-refractivity contribution in [2.75, 3.05) is 6.54 Å². The highest BCUT2D eigenvalue weighted by molar-refractivity contribution is 5.78. The molecule has 2 nitrogen and oxygen atoms in total. The molecule has 0 radical (unpaired) electrons. The summed E-state index contributed by atoms with van der Waals surface area (Å²) in [6.07, 6.45) is 5.16. The largest absolute Gasteiger partial charge is 0.356 e. The fourth-order valence-electron chi connectivity index (χ4n) is 2.04. The first-order chi connectivity index (χ1) is 10.2. The van der Waals surface area contributed by atoms with Crippen LogP contribution in [0.1, 0.15) is 23.1 Å². The first-order valence-corrected chi connectivity index (χ1v) is 7.28. The first-order valence-electron chi connectivity index (χ1n) is 7.28. The number of amides is 1. The minimum Gasteiger partial charge on any atom is -0.356 e. The van der Waals surface area contributed by atoms with Crippen LogP contribution in [0.15, 0.2) is 60.7 Å². The predicted octanol–water partition coefficient (Wildman–Crippen LogP) is 3.76. The van der Waals surface area contributed by atoms with Gasteiger partial charge in [0.15, 0.2) is 0 Å². The van der Waals surface area contributed by atoms with Crippen LogP contribution in [0.5, 0.6) is 0 Å². The Morgan fingerprint density at radius 1 is 1.05 bits per heavy atom. The van der Waals surface area contributed by atoms with Gasteiger partial charge in [0.2, 0.25) is 5.91 Å². The van der Waals surface area contributed by atoms with Gasteiger partial charge >= 0.3 is 0 Å². The molecule has 0 aliphatic heterocycles. The third-order valence-electron chi connectivity index (χ3n) is 3.27. The van der Waals surface area contributed by atoms with Crippen molar-refractivity contribution in [3.05, 3.63) is 77.4 Å². The number of benzene rings is 2. The third-order valence-corrected chi connectivity index (χ3v) is 3.27. The van der Waals surface area contributed by atoms with Gasteiger partial charge in [-0.1, -0.05) is 72.3 Å². The molecule has 2 heteroatoms. The summed E-state index contributed by atoms with van der Waals surface area (Å²) in [6.45, 7) is 2.76. The summed E-state index contributed by atoms with van der Waals surface area (Å²) in [7, 11) is 0. The van der Waals surface area contributed by atoms with E-state index in [0.29, 0.717) is 13.0 Å². The SMILES string of the molecule is Cc1ccc(CCNC(=O)C/C=C/c2ccccc2)cc1. The van der Waals surface area contributed by atoms with Crippen molar-refractivity contribution >= 4 is 12.0 Å². The lowest BCUT2D eigenvalue weighted by Crippen LogP contribution is -2.24. The van der Waals surface area contributed by atoms with Crippen molar-refractivity contribution in [1.29, 1.82) is 0 Å². The Bertz CT molecular complexity index is 585. The summed E-state index contributed by atoms with van der Waals surface area (Å²) < 4.78 is 0. The van der Waals surface area contributed by atoms with E-state index in [9.17, 15) is 4.79 Å². The summed E-state index contributed by atoms with van der Waals surface area (Å²) >= 11 is 0. The minimum absolute atomic E-state index is 0.0642. The molecule has 0 aliphatic carbocycles. The molecule has 0 fully saturated rings. The van der Waals surface area contributed by atoms with Crippen LogP contribution in [-0.4, -0.2) is 12.5 Å². The fourth-order valence-corrected chi connectivity index (χ4v) is 2.04. The zero-order valence-electron chi connectivity index (χ0n) is 12.4. The van der Waals surface area contributed by atoms with Crippen LogP contribution in [-0.2, 0) is 11.2 Å². The molecule has 2 aromatic carbocycles. The maximum atomic E-state index is 11.7. The van der Waals surface area contributed by atoms with Crippen LogP contribution in [0.25, 0.3) is 6.08 Å². The second-order valence-corrected chi connectivity index (χ2v) is 5.10. The van der Waals surface area contributed by atoms with Gasteiger partial charge in [-0.15, -0.1) is 0 Å². The van der Waals surface area contributed by atoms with E-state index < -0.39 is 0 Å². The second kappa shape index (κ2) is 8.05. The average Bonchev–Trinajstić information content (AvgIpc) is 2.50. The van der Waals surface area contributed by atoms with E-state index in [2.05, 4.69) is 36.5 Å². The number of rotatable bonds is 6. The zero-order chi connectivity index (χ0) is 14.9. The lowest BCUT2D eigenvalue weighted by Gasteiger charge is -2.04. The van der Waals surface area contributed by atoms with Gasteiger partial charge < -0.3 is 5.32 Å². The van der Waals surface area contributed by atoms with E-state index in [1.807, 2.05) is 42.5 Å². The molecule has 1 N–H and O–H groups in total. The molecular formula is C19H21NO. The molecule has 0 spiro atoms. The van der Waals surface area contributed by atoms with E-state index in [-0.39, 0.29) is 5.91 Å². The van der Waals surface area contributed by atoms with E-state index in [1.165, 1.54) is 11.1 Å². The Kier molecular flexibility index (Phi) is 5.77. The summed E-state index contributed by atoms with van der Waals surface area (Å²) in [6, 6.07) is 18.4. The molecule has 2 aromatic rings. The van der Waals surface area contributed by atoms with Crippen molar-refractivity contribution in [3.63, 3.8) is 0 Å². The van der Waals surface area contributed by atoms with Gasteiger partial charge in [0.05, 0.1) is 0 Å². The summed E-state index contributed by atoms with van der Waals surface area (Å²) in [4.78, 5) is 11.7. The Balaban J connectivity index is 1.68. The maximum Gasteiger partial charge on any atom is 0.223 e. The van der Waals surface area contributed by atoms with Crippen molar-refractivity contribution in [1.82, 2.24) is 5.32 Å². The number of carbonyl (C=O) groups excluding carboxylic acids is 1. The van der Waals surface area contributed by atoms with E-state index in [1.54, 1.807) is 0 Å². The smallest absolute Gasteiger partial charge is 0.223 e. The van der Waals surface area contributed by atoms with Gasteiger partial charge in [-0.2, -0.15) is 0 Å². The average molecular weight is 279 g/mol. The van der Waals surface area contributed by atoms with Gasteiger partial charge in [0, 0.05) is 13.0 Å². The molecule has 0 aliphatic rings. The topological polar surface area (TPSA) is 29.1 Å². The van der Waals surface area contributed by atoms with Gasteiger partial charge in [-0.05, 0) is 24.5 Å². The molecular weight excluding hydrogens is 258 g/mol. The highest BCUT2D eigenvalue weighted by atomic mass is 16.1. The minimum atomic E-state index is 0.0642. The molecule has 1 amide bonds. The van der Waals surface area contributed by atoms with Crippen molar-refractivity contribution in [2.45, 2.75) is 19.8 Å². The van der Waals surface area contributed by atoms with E-state index in [4.69, 9.17) is 0 Å². The quantitative estimate of drug-likeness (QED) is 0.857. The van der Waals surface area contributed by atoms with Crippen LogP contribution in [0.3, 0.4) is 0 Å². The molecule has 0 aromatic heterocycles. The molecule has 0 saturated heterocycles. The van der Waals surface area contributed by atoms with E-state index in [0.717, 1.165) is 12.0 Å². The number of hydrogen-bond donors (Lipinski definition) is 1.